The summed E-state index contributed by atoms with van der Waals surface area (Å²) in [5.74, 6) is 1.63. The van der Waals surface area contributed by atoms with Gasteiger partial charge in [0.05, 0.1) is 24.4 Å². The molecule has 0 aromatic heterocycles. The van der Waals surface area contributed by atoms with Gasteiger partial charge in [-0.1, -0.05) is 6.58 Å². The van der Waals surface area contributed by atoms with Gasteiger partial charge in [-0.2, -0.15) is 0 Å². The van der Waals surface area contributed by atoms with Gasteiger partial charge >= 0.3 is 0 Å². The van der Waals surface area contributed by atoms with Crippen LogP contribution in [0, 0.1) is 0 Å². The molecule has 3 heteroatoms. The van der Waals surface area contributed by atoms with E-state index in [0.29, 0.717) is 5.70 Å². The molecule has 0 bridgehead atoms. The number of allylic oxidation sites excluding steroid dienone is 2. The minimum Gasteiger partial charge on any atom is -0.501 e. The average molecular weight is 168 g/mol. The Morgan fingerprint density at radius 2 is 2.08 bits per heavy atom. The highest BCUT2D eigenvalue weighted by Gasteiger charge is 1.89. The highest BCUT2D eigenvalue weighted by Crippen LogP contribution is 2.01. The standard InChI is InChI=1S/C9H16N2O/c1-7(6-8(2)12-5)11-9(3)10-4/h6H,1H2,2-5H3,(H,10,11)/b8-6+. The zero-order valence-electron chi connectivity index (χ0n) is 8.14. The molecule has 0 radical (unpaired) electrons. The minimum absolute atomic E-state index is 0.682. The third-order valence-electron chi connectivity index (χ3n) is 1.36. The number of nitrogens with zero attached hydrogens (tertiary/aromatic N) is 1. The van der Waals surface area contributed by atoms with Crippen molar-refractivity contribution in [3.8, 4) is 0 Å². The van der Waals surface area contributed by atoms with Gasteiger partial charge in [-0.3, -0.25) is 0 Å². The number of amidine groups is 1. The van der Waals surface area contributed by atoms with Crippen molar-refractivity contribution in [2.45, 2.75) is 13.8 Å². The van der Waals surface area contributed by atoms with E-state index >= 15 is 0 Å². The Labute approximate surface area is 73.8 Å². The topological polar surface area (TPSA) is 33.6 Å². The van der Waals surface area contributed by atoms with Crippen LogP contribution in [-0.2, 0) is 4.74 Å². The lowest BCUT2D eigenvalue weighted by Gasteiger charge is -2.00. The fraction of sp³-hybridized carbons (Fsp3) is 0.444. The van der Waals surface area contributed by atoms with Crippen LogP contribution >= 0.6 is 0 Å². The van der Waals surface area contributed by atoms with Crippen LogP contribution in [0.4, 0.5) is 0 Å². The van der Waals surface area contributed by atoms with Crippen LogP contribution in [0.3, 0.4) is 0 Å². The number of aliphatic imine (C=N–C) groups is 1. The summed E-state index contributed by atoms with van der Waals surface area (Å²) in [6.45, 7) is 7.48. The van der Waals surface area contributed by atoms with Gasteiger partial charge in [0.2, 0.25) is 0 Å². The summed E-state index contributed by atoms with van der Waals surface area (Å²) < 4.78 is 4.95. The van der Waals surface area contributed by atoms with Crippen molar-refractivity contribution in [1.82, 2.24) is 5.32 Å². The van der Waals surface area contributed by atoms with Crippen molar-refractivity contribution >= 4 is 5.84 Å². The predicted molar refractivity (Wildman–Crippen MR) is 52.1 cm³/mol. The molecule has 0 aromatic carbocycles. The zero-order valence-corrected chi connectivity index (χ0v) is 8.14. The molecule has 1 N–H and O–H groups in total. The number of ether oxygens (including phenoxy) is 1. The Bertz CT molecular complexity index is 195. The largest absolute Gasteiger partial charge is 0.501 e. The van der Waals surface area contributed by atoms with E-state index in [1.54, 1.807) is 13.2 Å². The van der Waals surface area contributed by atoms with Crippen molar-refractivity contribution in [3.05, 3.63) is 24.1 Å². The monoisotopic (exact) mass is 168 g/mol. The second-order valence-electron chi connectivity index (χ2n) is 2.40. The minimum atomic E-state index is 0.682. The number of hydrogen-bond acceptors (Lipinski definition) is 2. The molecule has 0 saturated heterocycles. The molecule has 12 heavy (non-hydrogen) atoms. The molecular formula is C9H16N2O. The van der Waals surface area contributed by atoms with Crippen LogP contribution in [0.2, 0.25) is 0 Å². The van der Waals surface area contributed by atoms with Gasteiger partial charge in [-0.05, 0) is 13.8 Å². The Morgan fingerprint density at radius 1 is 1.50 bits per heavy atom. The first kappa shape index (κ1) is 10.8. The summed E-state index contributed by atoms with van der Waals surface area (Å²) in [5, 5.41) is 2.91. The van der Waals surface area contributed by atoms with E-state index in [1.807, 2.05) is 20.9 Å². The Hall–Kier alpha value is -1.25. The second kappa shape index (κ2) is 5.41. The summed E-state index contributed by atoms with van der Waals surface area (Å²) in [4.78, 5) is 4.14. The maximum Gasteiger partial charge on any atom is 0.0988 e. The first-order chi connectivity index (χ1) is 5.60. The van der Waals surface area contributed by atoms with Gasteiger partial charge in [-0.15, -0.1) is 0 Å². The van der Waals surface area contributed by atoms with Crippen LogP contribution in [0.15, 0.2) is 29.1 Å². The number of methoxy groups -OCH3 is 1. The van der Waals surface area contributed by atoms with Crippen LogP contribution in [0.25, 0.3) is 0 Å². The van der Waals surface area contributed by atoms with Crippen LogP contribution in [-0.4, -0.2) is 20.0 Å². The van der Waals surface area contributed by atoms with Gasteiger partial charge in [-0.25, -0.2) is 4.99 Å². The number of rotatable bonds is 3. The van der Waals surface area contributed by atoms with E-state index in [9.17, 15) is 0 Å². The zero-order chi connectivity index (χ0) is 9.56. The molecule has 0 aliphatic heterocycles. The summed E-state index contributed by atoms with van der Waals surface area (Å²) in [6, 6.07) is 0. The number of hydrogen-bond donors (Lipinski definition) is 1. The van der Waals surface area contributed by atoms with E-state index < -0.39 is 0 Å². The van der Waals surface area contributed by atoms with Gasteiger partial charge in [0.1, 0.15) is 0 Å². The third kappa shape index (κ3) is 4.55. The Balaban J connectivity index is 4.24. The van der Waals surface area contributed by atoms with Crippen LogP contribution < -0.4 is 5.32 Å². The first-order valence-corrected chi connectivity index (χ1v) is 3.74. The fourth-order valence-electron chi connectivity index (χ4n) is 0.597. The molecule has 68 valence electrons. The summed E-state index contributed by atoms with van der Waals surface area (Å²) in [7, 11) is 3.44. The molecule has 3 nitrogen and oxygen atoms in total. The van der Waals surface area contributed by atoms with Crippen LogP contribution in [0.1, 0.15) is 13.8 Å². The van der Waals surface area contributed by atoms with Gasteiger partial charge < -0.3 is 10.1 Å². The van der Waals surface area contributed by atoms with E-state index in [0.717, 1.165) is 11.6 Å². The average Bonchev–Trinajstić information content (AvgIpc) is 2.03. The molecule has 0 heterocycles. The van der Waals surface area contributed by atoms with E-state index in [2.05, 4.69) is 16.9 Å². The summed E-state index contributed by atoms with van der Waals surface area (Å²) in [6.07, 6.45) is 1.78. The lowest BCUT2D eigenvalue weighted by molar-refractivity contribution is 0.293. The quantitative estimate of drug-likeness (QED) is 0.301. The SMILES string of the molecule is C=C(/C=C(\C)OC)/N=C(/C)NC. The van der Waals surface area contributed by atoms with Gasteiger partial charge in [0.25, 0.3) is 0 Å². The smallest absolute Gasteiger partial charge is 0.0988 e. The van der Waals surface area contributed by atoms with Crippen LogP contribution in [0.5, 0.6) is 0 Å². The van der Waals surface area contributed by atoms with Crippen molar-refractivity contribution in [2.24, 2.45) is 4.99 Å². The first-order valence-electron chi connectivity index (χ1n) is 3.74. The summed E-state index contributed by atoms with van der Waals surface area (Å²) in [5.41, 5.74) is 0.682. The molecule has 0 saturated carbocycles. The number of nitrogens with one attached hydrogen (secondary N) is 1. The molecule has 0 fully saturated rings. The van der Waals surface area contributed by atoms with Gasteiger partial charge in [0, 0.05) is 13.1 Å². The Morgan fingerprint density at radius 3 is 2.50 bits per heavy atom. The Kier molecular flexibility index (Phi) is 4.84. The molecule has 0 aliphatic carbocycles. The van der Waals surface area contributed by atoms with Crippen molar-refractivity contribution in [1.29, 1.82) is 0 Å². The van der Waals surface area contributed by atoms with Gasteiger partial charge in [0.15, 0.2) is 0 Å². The molecule has 0 atom stereocenters. The van der Waals surface area contributed by atoms with Crippen molar-refractivity contribution < 1.29 is 4.74 Å². The summed E-state index contributed by atoms with van der Waals surface area (Å²) >= 11 is 0. The predicted octanol–water partition coefficient (Wildman–Crippen LogP) is 1.69. The lowest BCUT2D eigenvalue weighted by atomic mass is 10.4. The molecule has 0 unspecified atom stereocenters. The molecule has 0 aromatic rings. The van der Waals surface area contributed by atoms with E-state index in [1.165, 1.54) is 0 Å². The highest BCUT2D eigenvalue weighted by molar-refractivity contribution is 5.80. The maximum atomic E-state index is 4.95. The molecule has 0 aliphatic rings. The second-order valence-corrected chi connectivity index (χ2v) is 2.40. The molecular weight excluding hydrogens is 152 g/mol. The fourth-order valence-corrected chi connectivity index (χ4v) is 0.597. The highest BCUT2D eigenvalue weighted by atomic mass is 16.5. The third-order valence-corrected chi connectivity index (χ3v) is 1.36. The molecule has 0 rings (SSSR count). The van der Waals surface area contributed by atoms with E-state index in [4.69, 9.17) is 4.74 Å². The van der Waals surface area contributed by atoms with E-state index in [-0.39, 0.29) is 0 Å². The maximum absolute atomic E-state index is 4.95. The van der Waals surface area contributed by atoms with Crippen molar-refractivity contribution in [2.75, 3.05) is 14.2 Å². The lowest BCUT2D eigenvalue weighted by Crippen LogP contribution is -2.13. The molecule has 0 spiro atoms. The van der Waals surface area contributed by atoms with Crippen molar-refractivity contribution in [3.63, 3.8) is 0 Å². The normalized spacial score (nSPS) is 12.7. The molecule has 0 amide bonds.